The molecule has 2 unspecified atom stereocenters. The lowest BCUT2D eigenvalue weighted by Gasteiger charge is -2.05. The highest BCUT2D eigenvalue weighted by atomic mass is 16.4. The SMILES string of the molecule is Cn1cc(NC(=O)c2ccc(C3CC3NC(=O)O)cc2)cn1. The number of nitrogens with one attached hydrogen (secondary N) is 2. The van der Waals surface area contributed by atoms with E-state index in [-0.39, 0.29) is 17.9 Å². The Labute approximate surface area is 126 Å². The molecule has 114 valence electrons. The molecule has 0 bridgehead atoms. The predicted molar refractivity (Wildman–Crippen MR) is 79.9 cm³/mol. The summed E-state index contributed by atoms with van der Waals surface area (Å²) in [5.74, 6) is 0.00194. The second-order valence-electron chi connectivity index (χ2n) is 5.38. The van der Waals surface area contributed by atoms with E-state index in [2.05, 4.69) is 15.7 Å². The Morgan fingerprint density at radius 2 is 2.05 bits per heavy atom. The van der Waals surface area contributed by atoms with Crippen LogP contribution in [-0.2, 0) is 7.05 Å². The van der Waals surface area contributed by atoms with E-state index in [1.807, 2.05) is 12.1 Å². The van der Waals surface area contributed by atoms with Crippen LogP contribution in [0.25, 0.3) is 0 Å². The number of benzene rings is 1. The third kappa shape index (κ3) is 3.08. The molecule has 0 aliphatic heterocycles. The lowest BCUT2D eigenvalue weighted by atomic mass is 10.1. The van der Waals surface area contributed by atoms with Crippen LogP contribution in [0.4, 0.5) is 10.5 Å². The van der Waals surface area contributed by atoms with Crippen molar-refractivity contribution in [2.24, 2.45) is 7.05 Å². The molecule has 0 saturated heterocycles. The number of carbonyl (C=O) groups is 2. The van der Waals surface area contributed by atoms with Crippen molar-refractivity contribution in [1.82, 2.24) is 15.1 Å². The van der Waals surface area contributed by atoms with Crippen molar-refractivity contribution >= 4 is 17.7 Å². The summed E-state index contributed by atoms with van der Waals surface area (Å²) in [4.78, 5) is 22.7. The van der Waals surface area contributed by atoms with Gasteiger partial charge in [-0.1, -0.05) is 12.1 Å². The number of nitrogens with zero attached hydrogens (tertiary/aromatic N) is 2. The van der Waals surface area contributed by atoms with Crippen molar-refractivity contribution in [3.05, 3.63) is 47.8 Å². The van der Waals surface area contributed by atoms with Gasteiger partial charge in [0.1, 0.15) is 0 Å². The number of carbonyl (C=O) groups excluding carboxylic acids is 1. The molecule has 3 N–H and O–H groups in total. The molecule has 1 saturated carbocycles. The van der Waals surface area contributed by atoms with Gasteiger partial charge in [-0.3, -0.25) is 9.48 Å². The van der Waals surface area contributed by atoms with E-state index in [0.29, 0.717) is 11.3 Å². The normalized spacial score (nSPS) is 19.5. The maximum Gasteiger partial charge on any atom is 0.404 e. The lowest BCUT2D eigenvalue weighted by molar-refractivity contribution is 0.102. The van der Waals surface area contributed by atoms with Crippen LogP contribution in [0, 0.1) is 0 Å². The molecule has 3 rings (SSSR count). The number of rotatable bonds is 4. The number of amides is 2. The second-order valence-corrected chi connectivity index (χ2v) is 5.38. The van der Waals surface area contributed by atoms with Gasteiger partial charge in [-0.2, -0.15) is 5.10 Å². The highest BCUT2D eigenvalue weighted by molar-refractivity contribution is 6.04. The van der Waals surface area contributed by atoms with Gasteiger partial charge in [0.2, 0.25) is 0 Å². The molecule has 0 radical (unpaired) electrons. The minimum atomic E-state index is -1.00. The zero-order valence-corrected chi connectivity index (χ0v) is 12.0. The topological polar surface area (TPSA) is 96.2 Å². The van der Waals surface area contributed by atoms with Crippen molar-refractivity contribution in [3.8, 4) is 0 Å². The van der Waals surface area contributed by atoms with E-state index in [1.54, 1.807) is 36.3 Å². The van der Waals surface area contributed by atoms with Crippen molar-refractivity contribution < 1.29 is 14.7 Å². The predicted octanol–water partition coefficient (Wildman–Crippen LogP) is 1.80. The van der Waals surface area contributed by atoms with Gasteiger partial charge in [0.05, 0.1) is 11.9 Å². The molecule has 7 heteroatoms. The summed E-state index contributed by atoms with van der Waals surface area (Å²) in [6, 6.07) is 7.21. The van der Waals surface area contributed by atoms with Gasteiger partial charge in [-0.25, -0.2) is 4.79 Å². The Morgan fingerprint density at radius 3 is 2.64 bits per heavy atom. The highest BCUT2D eigenvalue weighted by Crippen LogP contribution is 2.40. The van der Waals surface area contributed by atoms with Gasteiger partial charge in [0.15, 0.2) is 0 Å². The fourth-order valence-corrected chi connectivity index (χ4v) is 2.45. The van der Waals surface area contributed by atoms with E-state index in [0.717, 1.165) is 12.0 Å². The summed E-state index contributed by atoms with van der Waals surface area (Å²) >= 11 is 0. The molecule has 1 heterocycles. The van der Waals surface area contributed by atoms with Crippen LogP contribution in [0.1, 0.15) is 28.3 Å². The standard InChI is InChI=1S/C15H16N4O3/c1-19-8-11(7-16-19)17-14(20)10-4-2-9(3-5-10)12-6-13(12)18-15(21)22/h2-5,7-8,12-13,18H,6H2,1H3,(H,17,20)(H,21,22). The Bertz CT molecular complexity index is 708. The summed E-state index contributed by atoms with van der Waals surface area (Å²) in [5.41, 5.74) is 2.23. The molecule has 2 aromatic rings. The van der Waals surface area contributed by atoms with Gasteiger partial charge in [0, 0.05) is 30.8 Å². The lowest BCUT2D eigenvalue weighted by Crippen LogP contribution is -2.24. The Hall–Kier alpha value is -2.83. The maximum absolute atomic E-state index is 12.1. The summed E-state index contributed by atoms with van der Waals surface area (Å²) in [5, 5.41) is 17.9. The maximum atomic E-state index is 12.1. The molecule has 1 aliphatic rings. The van der Waals surface area contributed by atoms with Crippen LogP contribution < -0.4 is 10.6 Å². The van der Waals surface area contributed by atoms with Crippen LogP contribution in [-0.4, -0.2) is 32.9 Å². The largest absolute Gasteiger partial charge is 0.465 e. The zero-order valence-electron chi connectivity index (χ0n) is 12.0. The number of carboxylic acid groups (broad SMARTS) is 1. The van der Waals surface area contributed by atoms with Crippen molar-refractivity contribution in [1.29, 1.82) is 0 Å². The molecule has 1 fully saturated rings. The summed E-state index contributed by atoms with van der Waals surface area (Å²) in [6.45, 7) is 0. The number of hydrogen-bond acceptors (Lipinski definition) is 3. The van der Waals surface area contributed by atoms with Crippen LogP contribution in [0.5, 0.6) is 0 Å². The minimum absolute atomic E-state index is 0.0208. The quantitative estimate of drug-likeness (QED) is 0.802. The fourth-order valence-electron chi connectivity index (χ4n) is 2.45. The van der Waals surface area contributed by atoms with Crippen molar-refractivity contribution in [3.63, 3.8) is 0 Å². The van der Waals surface area contributed by atoms with E-state index in [1.165, 1.54) is 0 Å². The zero-order chi connectivity index (χ0) is 15.7. The average molecular weight is 300 g/mol. The monoisotopic (exact) mass is 300 g/mol. The first kappa shape index (κ1) is 14.1. The van der Waals surface area contributed by atoms with Crippen LogP contribution in [0.3, 0.4) is 0 Å². The van der Waals surface area contributed by atoms with E-state index >= 15 is 0 Å². The first-order valence-corrected chi connectivity index (χ1v) is 6.92. The van der Waals surface area contributed by atoms with Gasteiger partial charge in [-0.05, 0) is 24.1 Å². The summed E-state index contributed by atoms with van der Waals surface area (Å²) < 4.78 is 1.61. The molecule has 1 aliphatic carbocycles. The molecule has 2 atom stereocenters. The van der Waals surface area contributed by atoms with Crippen LogP contribution in [0.15, 0.2) is 36.7 Å². The van der Waals surface area contributed by atoms with E-state index in [4.69, 9.17) is 5.11 Å². The van der Waals surface area contributed by atoms with E-state index in [9.17, 15) is 9.59 Å². The molecular weight excluding hydrogens is 284 g/mol. The number of aromatic nitrogens is 2. The number of hydrogen-bond donors (Lipinski definition) is 3. The van der Waals surface area contributed by atoms with Crippen LogP contribution in [0.2, 0.25) is 0 Å². The third-order valence-corrected chi connectivity index (χ3v) is 3.66. The van der Waals surface area contributed by atoms with Gasteiger partial charge < -0.3 is 15.7 Å². The molecule has 7 nitrogen and oxygen atoms in total. The highest BCUT2D eigenvalue weighted by Gasteiger charge is 2.39. The van der Waals surface area contributed by atoms with Crippen molar-refractivity contribution in [2.45, 2.75) is 18.4 Å². The van der Waals surface area contributed by atoms with Crippen molar-refractivity contribution in [2.75, 3.05) is 5.32 Å². The first-order valence-electron chi connectivity index (χ1n) is 6.92. The molecule has 1 aromatic carbocycles. The average Bonchev–Trinajstić information content (AvgIpc) is 3.11. The summed E-state index contributed by atoms with van der Waals surface area (Å²) in [7, 11) is 1.78. The Kier molecular flexibility index (Phi) is 3.54. The fraction of sp³-hybridized carbons (Fsp3) is 0.267. The second kappa shape index (κ2) is 5.51. The smallest absolute Gasteiger partial charge is 0.404 e. The van der Waals surface area contributed by atoms with E-state index < -0.39 is 6.09 Å². The van der Waals surface area contributed by atoms with Gasteiger partial charge in [0.25, 0.3) is 5.91 Å². The molecule has 1 aromatic heterocycles. The number of anilines is 1. The summed E-state index contributed by atoms with van der Waals surface area (Å²) in [6.07, 6.45) is 3.10. The Balaban J connectivity index is 1.62. The first-order chi connectivity index (χ1) is 10.5. The minimum Gasteiger partial charge on any atom is -0.465 e. The molecule has 2 amide bonds. The van der Waals surface area contributed by atoms with Gasteiger partial charge in [-0.15, -0.1) is 0 Å². The van der Waals surface area contributed by atoms with Gasteiger partial charge >= 0.3 is 6.09 Å². The molecule has 0 spiro atoms. The van der Waals surface area contributed by atoms with Crippen LogP contribution >= 0.6 is 0 Å². The molecule has 22 heavy (non-hydrogen) atoms. The number of aryl methyl sites for hydroxylation is 1. The third-order valence-electron chi connectivity index (χ3n) is 3.66. The Morgan fingerprint density at radius 1 is 1.32 bits per heavy atom. The molecular formula is C15H16N4O3.